The van der Waals surface area contributed by atoms with Gasteiger partial charge >= 0.3 is 0 Å². The van der Waals surface area contributed by atoms with Gasteiger partial charge in [-0.25, -0.2) is 0 Å². The number of aliphatic hydroxyl groups excluding tert-OH is 1. The van der Waals surface area contributed by atoms with Crippen LogP contribution in [0.2, 0.25) is 0 Å². The summed E-state index contributed by atoms with van der Waals surface area (Å²) < 4.78 is 5.10. The van der Waals surface area contributed by atoms with Crippen molar-refractivity contribution in [3.8, 4) is 0 Å². The largest absolute Gasteiger partial charge is 0.467 e. The van der Waals surface area contributed by atoms with Crippen LogP contribution < -0.4 is 5.32 Å². The lowest BCUT2D eigenvalue weighted by Gasteiger charge is -2.08. The van der Waals surface area contributed by atoms with Gasteiger partial charge in [-0.3, -0.25) is 0 Å². The van der Waals surface area contributed by atoms with E-state index < -0.39 is 6.10 Å². The second-order valence-electron chi connectivity index (χ2n) is 3.29. The first kappa shape index (κ1) is 10.4. The Morgan fingerprint density at radius 3 is 3.07 bits per heavy atom. The van der Waals surface area contributed by atoms with E-state index in [1.54, 1.807) is 29.7 Å². The molecule has 0 saturated heterocycles. The standard InChI is InChI=1S/C11H13NO2S/c13-10(11-2-1-4-14-11)7-12-6-9-3-5-15-8-9/h1-5,8,10,12-13H,6-7H2. The minimum Gasteiger partial charge on any atom is -0.467 e. The average Bonchev–Trinajstić information content (AvgIpc) is 2.90. The second-order valence-corrected chi connectivity index (χ2v) is 4.07. The summed E-state index contributed by atoms with van der Waals surface area (Å²) in [5.74, 6) is 0.604. The van der Waals surface area contributed by atoms with Crippen molar-refractivity contribution >= 4 is 11.3 Å². The molecule has 15 heavy (non-hydrogen) atoms. The molecule has 0 amide bonds. The van der Waals surface area contributed by atoms with Crippen LogP contribution in [0.25, 0.3) is 0 Å². The molecule has 0 aliphatic rings. The van der Waals surface area contributed by atoms with Gasteiger partial charge in [0.05, 0.1) is 6.26 Å². The normalized spacial score (nSPS) is 12.9. The maximum Gasteiger partial charge on any atom is 0.133 e. The first-order chi connectivity index (χ1) is 7.36. The quantitative estimate of drug-likeness (QED) is 0.816. The van der Waals surface area contributed by atoms with Gasteiger partial charge in [-0.15, -0.1) is 0 Å². The van der Waals surface area contributed by atoms with E-state index >= 15 is 0 Å². The number of hydrogen-bond donors (Lipinski definition) is 2. The minimum atomic E-state index is -0.571. The molecule has 1 atom stereocenters. The van der Waals surface area contributed by atoms with E-state index in [2.05, 4.69) is 16.8 Å². The Morgan fingerprint density at radius 1 is 1.47 bits per heavy atom. The van der Waals surface area contributed by atoms with Crippen LogP contribution in [0, 0.1) is 0 Å². The molecule has 80 valence electrons. The molecular formula is C11H13NO2S. The fraction of sp³-hybridized carbons (Fsp3) is 0.273. The second kappa shape index (κ2) is 5.11. The molecule has 0 radical (unpaired) electrons. The molecule has 2 N–H and O–H groups in total. The summed E-state index contributed by atoms with van der Waals surface area (Å²) in [6.07, 6.45) is 0.996. The summed E-state index contributed by atoms with van der Waals surface area (Å²) in [5.41, 5.74) is 1.24. The topological polar surface area (TPSA) is 45.4 Å². The SMILES string of the molecule is OC(CNCc1ccsc1)c1ccco1. The summed E-state index contributed by atoms with van der Waals surface area (Å²) in [7, 11) is 0. The molecule has 3 nitrogen and oxygen atoms in total. The first-order valence-corrected chi connectivity index (χ1v) is 5.74. The Kier molecular flexibility index (Phi) is 3.55. The third-order valence-electron chi connectivity index (χ3n) is 2.12. The number of rotatable bonds is 5. The van der Waals surface area contributed by atoms with Crippen LogP contribution in [0.3, 0.4) is 0 Å². The van der Waals surface area contributed by atoms with Gasteiger partial charge in [0.15, 0.2) is 0 Å². The predicted octanol–water partition coefficient (Wildman–Crippen LogP) is 2.16. The van der Waals surface area contributed by atoms with Crippen molar-refractivity contribution in [1.29, 1.82) is 0 Å². The Morgan fingerprint density at radius 2 is 2.40 bits per heavy atom. The van der Waals surface area contributed by atoms with Crippen LogP contribution in [0.1, 0.15) is 17.4 Å². The van der Waals surface area contributed by atoms with Crippen LogP contribution >= 0.6 is 11.3 Å². The number of hydrogen-bond acceptors (Lipinski definition) is 4. The molecule has 0 aliphatic carbocycles. The molecule has 0 bridgehead atoms. The van der Waals surface area contributed by atoms with Gasteiger partial charge in [0.2, 0.25) is 0 Å². The van der Waals surface area contributed by atoms with Crippen molar-refractivity contribution in [3.05, 3.63) is 46.5 Å². The highest BCUT2D eigenvalue weighted by Gasteiger charge is 2.08. The van der Waals surface area contributed by atoms with E-state index in [0.717, 1.165) is 6.54 Å². The molecule has 4 heteroatoms. The highest BCUT2D eigenvalue weighted by Crippen LogP contribution is 2.12. The molecular weight excluding hydrogens is 210 g/mol. The zero-order valence-corrected chi connectivity index (χ0v) is 9.04. The fourth-order valence-electron chi connectivity index (χ4n) is 1.33. The zero-order valence-electron chi connectivity index (χ0n) is 8.22. The van der Waals surface area contributed by atoms with Crippen molar-refractivity contribution in [2.75, 3.05) is 6.54 Å². The lowest BCUT2D eigenvalue weighted by atomic mass is 10.2. The van der Waals surface area contributed by atoms with Crippen molar-refractivity contribution < 1.29 is 9.52 Å². The van der Waals surface area contributed by atoms with Gasteiger partial charge < -0.3 is 14.8 Å². The number of nitrogens with one attached hydrogen (secondary N) is 1. The Bertz CT molecular complexity index is 369. The van der Waals surface area contributed by atoms with Crippen LogP contribution in [0.5, 0.6) is 0 Å². The van der Waals surface area contributed by atoms with Crippen LogP contribution in [-0.4, -0.2) is 11.7 Å². The van der Waals surface area contributed by atoms with Crippen molar-refractivity contribution in [2.45, 2.75) is 12.6 Å². The van der Waals surface area contributed by atoms with Crippen LogP contribution in [0.15, 0.2) is 39.6 Å². The summed E-state index contributed by atoms with van der Waals surface area (Å²) in [5, 5.41) is 17.0. The van der Waals surface area contributed by atoms with Crippen molar-refractivity contribution in [1.82, 2.24) is 5.32 Å². The van der Waals surface area contributed by atoms with Crippen LogP contribution in [0.4, 0.5) is 0 Å². The van der Waals surface area contributed by atoms with Gasteiger partial charge in [0, 0.05) is 13.1 Å². The number of aliphatic hydroxyl groups is 1. The molecule has 1 unspecified atom stereocenters. The molecule has 2 aromatic heterocycles. The Hall–Kier alpha value is -1.10. The van der Waals surface area contributed by atoms with Crippen molar-refractivity contribution in [2.24, 2.45) is 0 Å². The van der Waals surface area contributed by atoms with Crippen molar-refractivity contribution in [3.63, 3.8) is 0 Å². The van der Waals surface area contributed by atoms with E-state index in [1.165, 1.54) is 5.56 Å². The average molecular weight is 223 g/mol. The highest BCUT2D eigenvalue weighted by atomic mass is 32.1. The van der Waals surface area contributed by atoms with Crippen LogP contribution in [-0.2, 0) is 6.54 Å². The van der Waals surface area contributed by atoms with Gasteiger partial charge in [-0.1, -0.05) is 0 Å². The smallest absolute Gasteiger partial charge is 0.133 e. The van der Waals surface area contributed by atoms with E-state index in [0.29, 0.717) is 12.3 Å². The summed E-state index contributed by atoms with van der Waals surface area (Å²) in [4.78, 5) is 0. The molecule has 2 aromatic rings. The zero-order chi connectivity index (χ0) is 10.5. The third kappa shape index (κ3) is 2.92. The number of furan rings is 1. The first-order valence-electron chi connectivity index (χ1n) is 4.79. The van der Waals surface area contributed by atoms with Gasteiger partial charge in [0.1, 0.15) is 11.9 Å². The van der Waals surface area contributed by atoms with Gasteiger partial charge in [0.25, 0.3) is 0 Å². The maximum atomic E-state index is 9.68. The lowest BCUT2D eigenvalue weighted by Crippen LogP contribution is -2.20. The van der Waals surface area contributed by atoms with Gasteiger partial charge in [-0.2, -0.15) is 11.3 Å². The van der Waals surface area contributed by atoms with E-state index in [1.807, 2.05) is 5.38 Å². The summed E-state index contributed by atoms with van der Waals surface area (Å²) in [6, 6.07) is 5.62. The van der Waals surface area contributed by atoms with E-state index in [4.69, 9.17) is 4.42 Å². The molecule has 0 aromatic carbocycles. The molecule has 0 aliphatic heterocycles. The van der Waals surface area contributed by atoms with E-state index in [-0.39, 0.29) is 0 Å². The monoisotopic (exact) mass is 223 g/mol. The molecule has 0 spiro atoms. The number of thiophene rings is 1. The molecule has 2 heterocycles. The van der Waals surface area contributed by atoms with Gasteiger partial charge in [-0.05, 0) is 34.5 Å². The molecule has 0 fully saturated rings. The highest BCUT2D eigenvalue weighted by molar-refractivity contribution is 7.07. The molecule has 2 rings (SSSR count). The molecule has 0 saturated carbocycles. The van der Waals surface area contributed by atoms with E-state index in [9.17, 15) is 5.11 Å². The lowest BCUT2D eigenvalue weighted by molar-refractivity contribution is 0.147. The third-order valence-corrected chi connectivity index (χ3v) is 2.85. The Labute approximate surface area is 92.4 Å². The fourth-order valence-corrected chi connectivity index (χ4v) is 2.00. The maximum absolute atomic E-state index is 9.68. The predicted molar refractivity (Wildman–Crippen MR) is 59.7 cm³/mol. The summed E-state index contributed by atoms with van der Waals surface area (Å²) >= 11 is 1.68. The minimum absolute atomic E-state index is 0.503. The summed E-state index contributed by atoms with van der Waals surface area (Å²) in [6.45, 7) is 1.28. The Balaban J connectivity index is 1.74.